The van der Waals surface area contributed by atoms with Gasteiger partial charge in [-0.1, -0.05) is 291 Å². The number of rotatable bonds is 53. The van der Waals surface area contributed by atoms with Crippen LogP contribution in [-0.2, 0) is 28.6 Å². The van der Waals surface area contributed by atoms with Crippen LogP contribution in [0.1, 0.15) is 330 Å². The van der Waals surface area contributed by atoms with Crippen molar-refractivity contribution in [3.8, 4) is 0 Å². The zero-order valence-corrected chi connectivity index (χ0v) is 44.6. The molecule has 0 saturated carbocycles. The van der Waals surface area contributed by atoms with Crippen molar-refractivity contribution in [3.05, 3.63) is 0 Å². The van der Waals surface area contributed by atoms with Crippen molar-refractivity contribution in [1.82, 2.24) is 0 Å². The van der Waals surface area contributed by atoms with Crippen LogP contribution in [0.4, 0.5) is 0 Å². The fourth-order valence-corrected chi connectivity index (χ4v) is 9.05. The number of esters is 3. The Balaban J connectivity index is 4.30. The monoisotopic (exact) mass is 919 g/mol. The molecule has 0 radical (unpaired) electrons. The number of hydrogen-bond acceptors (Lipinski definition) is 6. The molecule has 0 aromatic rings. The van der Waals surface area contributed by atoms with Gasteiger partial charge in [-0.05, 0) is 31.1 Å². The van der Waals surface area contributed by atoms with Gasteiger partial charge in [0.2, 0.25) is 0 Å². The SMILES string of the molecule is CCCCCCCCCCCCCCCCCCC(=O)OC[C@@H](COC(=O)CCCCCCCCCCCCCCC(C)C)OC(=O)CCCCCCCCCCCCCCCC(C)C. The first kappa shape index (κ1) is 63.4. The van der Waals surface area contributed by atoms with E-state index in [1.54, 1.807) is 0 Å². The second-order valence-corrected chi connectivity index (χ2v) is 21.2. The normalized spacial score (nSPS) is 12.0. The summed E-state index contributed by atoms with van der Waals surface area (Å²) in [5.74, 6) is 0.834. The van der Waals surface area contributed by atoms with E-state index >= 15 is 0 Å². The van der Waals surface area contributed by atoms with E-state index in [-0.39, 0.29) is 31.1 Å². The number of hydrogen-bond donors (Lipinski definition) is 0. The van der Waals surface area contributed by atoms with E-state index in [9.17, 15) is 14.4 Å². The lowest BCUT2D eigenvalue weighted by atomic mass is 10.0. The van der Waals surface area contributed by atoms with E-state index in [2.05, 4.69) is 34.6 Å². The summed E-state index contributed by atoms with van der Waals surface area (Å²) in [6, 6.07) is 0. The summed E-state index contributed by atoms with van der Waals surface area (Å²) in [7, 11) is 0. The molecule has 0 fully saturated rings. The van der Waals surface area contributed by atoms with Crippen LogP contribution < -0.4 is 0 Å². The molecule has 0 bridgehead atoms. The summed E-state index contributed by atoms with van der Waals surface area (Å²) >= 11 is 0. The van der Waals surface area contributed by atoms with Crippen molar-refractivity contribution in [1.29, 1.82) is 0 Å². The van der Waals surface area contributed by atoms with E-state index in [1.165, 1.54) is 218 Å². The Morgan fingerprint density at radius 1 is 0.292 bits per heavy atom. The molecule has 0 aliphatic carbocycles. The Kier molecular flexibility index (Phi) is 50.5. The Morgan fingerprint density at radius 3 is 0.754 bits per heavy atom. The number of ether oxygens (including phenoxy) is 3. The minimum Gasteiger partial charge on any atom is -0.462 e. The maximum Gasteiger partial charge on any atom is 0.306 e. The van der Waals surface area contributed by atoms with E-state index < -0.39 is 6.10 Å². The van der Waals surface area contributed by atoms with Crippen molar-refractivity contribution in [2.45, 2.75) is 336 Å². The van der Waals surface area contributed by atoms with Gasteiger partial charge in [0.1, 0.15) is 13.2 Å². The topological polar surface area (TPSA) is 78.9 Å². The minimum atomic E-state index is -0.763. The Morgan fingerprint density at radius 2 is 0.508 bits per heavy atom. The highest BCUT2D eigenvalue weighted by molar-refractivity contribution is 5.71. The Bertz CT molecular complexity index is 993. The molecule has 386 valence electrons. The van der Waals surface area contributed by atoms with Crippen molar-refractivity contribution in [2.24, 2.45) is 11.8 Å². The summed E-state index contributed by atoms with van der Waals surface area (Å²) < 4.78 is 16.9. The largest absolute Gasteiger partial charge is 0.462 e. The van der Waals surface area contributed by atoms with Crippen molar-refractivity contribution in [3.63, 3.8) is 0 Å². The smallest absolute Gasteiger partial charge is 0.306 e. The first-order chi connectivity index (χ1) is 31.7. The van der Waals surface area contributed by atoms with E-state index in [0.29, 0.717) is 19.3 Å². The van der Waals surface area contributed by atoms with Crippen LogP contribution in [-0.4, -0.2) is 37.2 Å². The molecule has 0 rings (SSSR count). The van der Waals surface area contributed by atoms with Crippen molar-refractivity contribution >= 4 is 17.9 Å². The molecule has 0 aliphatic rings. The van der Waals surface area contributed by atoms with Gasteiger partial charge in [0, 0.05) is 19.3 Å². The zero-order valence-electron chi connectivity index (χ0n) is 44.6. The van der Waals surface area contributed by atoms with Gasteiger partial charge in [-0.15, -0.1) is 0 Å². The molecule has 0 aliphatic heterocycles. The average molecular weight is 920 g/mol. The molecule has 0 N–H and O–H groups in total. The maximum absolute atomic E-state index is 12.9. The molecular formula is C59H114O6. The second kappa shape index (κ2) is 51.8. The maximum atomic E-state index is 12.9. The van der Waals surface area contributed by atoms with Gasteiger partial charge in [0.25, 0.3) is 0 Å². The van der Waals surface area contributed by atoms with Crippen LogP contribution in [0.15, 0.2) is 0 Å². The molecule has 65 heavy (non-hydrogen) atoms. The molecule has 6 heteroatoms. The van der Waals surface area contributed by atoms with Gasteiger partial charge in [-0.25, -0.2) is 0 Å². The lowest BCUT2D eigenvalue weighted by Gasteiger charge is -2.18. The summed E-state index contributed by atoms with van der Waals surface area (Å²) in [6.07, 6.45) is 55.2. The molecule has 0 saturated heterocycles. The molecule has 0 aromatic heterocycles. The van der Waals surface area contributed by atoms with Crippen LogP contribution >= 0.6 is 0 Å². The standard InChI is InChI=1S/C59H114O6/c1-6-7-8-9-10-11-12-13-14-15-18-24-29-34-39-44-49-57(60)63-52-56(53-64-58(61)50-45-40-35-30-25-21-20-23-28-33-38-43-48-55(4)5)65-59(62)51-46-41-36-31-26-19-16-17-22-27-32-37-42-47-54(2)3/h54-56H,6-53H2,1-5H3/t56-/m0/s1. The minimum absolute atomic E-state index is 0.0625. The quantitative estimate of drug-likeness (QED) is 0.0344. The third-order valence-electron chi connectivity index (χ3n) is 13.5. The average Bonchev–Trinajstić information content (AvgIpc) is 3.28. The van der Waals surface area contributed by atoms with Gasteiger partial charge >= 0.3 is 17.9 Å². The molecule has 6 nitrogen and oxygen atoms in total. The molecule has 1 atom stereocenters. The highest BCUT2D eigenvalue weighted by Crippen LogP contribution is 2.18. The van der Waals surface area contributed by atoms with Crippen LogP contribution in [0.2, 0.25) is 0 Å². The van der Waals surface area contributed by atoms with E-state index in [1.807, 2.05) is 0 Å². The fraction of sp³-hybridized carbons (Fsp3) is 0.949. The van der Waals surface area contributed by atoms with Crippen LogP contribution in [0.5, 0.6) is 0 Å². The number of carbonyl (C=O) groups excluding carboxylic acids is 3. The molecule has 0 aromatic carbocycles. The fourth-order valence-electron chi connectivity index (χ4n) is 9.05. The van der Waals surface area contributed by atoms with Gasteiger partial charge in [0.05, 0.1) is 0 Å². The van der Waals surface area contributed by atoms with Gasteiger partial charge in [0.15, 0.2) is 6.10 Å². The van der Waals surface area contributed by atoms with Gasteiger partial charge in [-0.2, -0.15) is 0 Å². The molecule has 0 amide bonds. The Hall–Kier alpha value is -1.59. The summed E-state index contributed by atoms with van der Waals surface area (Å²) in [6.45, 7) is 11.4. The summed E-state index contributed by atoms with van der Waals surface area (Å²) in [4.78, 5) is 38.2. The Labute approximate surface area is 406 Å². The predicted molar refractivity (Wildman–Crippen MR) is 280 cm³/mol. The highest BCUT2D eigenvalue weighted by atomic mass is 16.6. The molecule has 0 unspecified atom stereocenters. The van der Waals surface area contributed by atoms with Gasteiger partial charge in [-0.3, -0.25) is 14.4 Å². The second-order valence-electron chi connectivity index (χ2n) is 21.2. The lowest BCUT2D eigenvalue weighted by Crippen LogP contribution is -2.30. The number of unbranched alkanes of at least 4 members (excludes halogenated alkanes) is 38. The summed E-state index contributed by atoms with van der Waals surface area (Å²) in [5.41, 5.74) is 0. The molecular weight excluding hydrogens is 805 g/mol. The van der Waals surface area contributed by atoms with E-state index in [0.717, 1.165) is 69.6 Å². The predicted octanol–water partition coefficient (Wildman–Crippen LogP) is 19.3. The van der Waals surface area contributed by atoms with E-state index in [4.69, 9.17) is 14.2 Å². The van der Waals surface area contributed by atoms with Gasteiger partial charge < -0.3 is 14.2 Å². The van der Waals surface area contributed by atoms with Crippen LogP contribution in [0.25, 0.3) is 0 Å². The molecule has 0 spiro atoms. The number of carbonyl (C=O) groups is 3. The third-order valence-corrected chi connectivity index (χ3v) is 13.5. The van der Waals surface area contributed by atoms with Crippen molar-refractivity contribution in [2.75, 3.05) is 13.2 Å². The first-order valence-corrected chi connectivity index (χ1v) is 29.2. The van der Waals surface area contributed by atoms with Crippen molar-refractivity contribution < 1.29 is 28.6 Å². The highest BCUT2D eigenvalue weighted by Gasteiger charge is 2.19. The van der Waals surface area contributed by atoms with Crippen LogP contribution in [0.3, 0.4) is 0 Å². The van der Waals surface area contributed by atoms with Crippen LogP contribution in [0, 0.1) is 11.8 Å². The molecule has 0 heterocycles. The first-order valence-electron chi connectivity index (χ1n) is 29.2. The third kappa shape index (κ3) is 53.2. The summed E-state index contributed by atoms with van der Waals surface area (Å²) in [5, 5.41) is 0. The lowest BCUT2D eigenvalue weighted by molar-refractivity contribution is -0.167. The zero-order chi connectivity index (χ0) is 47.5.